The second-order valence-electron chi connectivity index (χ2n) is 9.73. The Balaban J connectivity index is 1.47. The van der Waals surface area contributed by atoms with Crippen molar-refractivity contribution in [2.45, 2.75) is 25.0 Å². The molecule has 2 atom stereocenters. The normalized spacial score (nSPS) is 21.6. The average molecular weight is 476 g/mol. The number of fused-ring (bicyclic) bond motifs is 4. The fraction of sp³-hybridized carbons (Fsp3) is 0.214. The predicted molar refractivity (Wildman–Crippen MR) is 143 cm³/mol. The molecule has 0 saturated carbocycles. The van der Waals surface area contributed by atoms with Crippen molar-refractivity contribution < 1.29 is 5.11 Å². The second kappa shape index (κ2) is 7.94. The van der Waals surface area contributed by atoms with Gasteiger partial charge in [0.25, 0.3) is 0 Å². The van der Waals surface area contributed by atoms with Gasteiger partial charge >= 0.3 is 0 Å². The molecule has 1 aliphatic heterocycles. The molecule has 0 unspecified atom stereocenters. The monoisotopic (exact) mass is 475 g/mol. The average Bonchev–Trinajstić information content (AvgIpc) is 3.23. The van der Waals surface area contributed by atoms with Crippen molar-refractivity contribution >= 4 is 44.2 Å². The van der Waals surface area contributed by atoms with Crippen LogP contribution in [0.3, 0.4) is 0 Å². The van der Waals surface area contributed by atoms with E-state index in [1.807, 2.05) is 43.5 Å². The van der Waals surface area contributed by atoms with Gasteiger partial charge < -0.3 is 20.7 Å². The summed E-state index contributed by atoms with van der Waals surface area (Å²) in [7, 11) is 0. The summed E-state index contributed by atoms with van der Waals surface area (Å²) in [6.07, 6.45) is 12.3. The summed E-state index contributed by atoms with van der Waals surface area (Å²) in [5.74, 6) is 1.29. The molecule has 1 aromatic carbocycles. The molecule has 2 aliphatic rings. The van der Waals surface area contributed by atoms with Crippen molar-refractivity contribution in [2.24, 2.45) is 0 Å². The van der Waals surface area contributed by atoms with Crippen LogP contribution in [0.5, 0.6) is 0 Å². The van der Waals surface area contributed by atoms with Crippen molar-refractivity contribution in [3.63, 3.8) is 0 Å². The topological polar surface area (TPSA) is 112 Å². The second-order valence-corrected chi connectivity index (χ2v) is 9.73. The molecule has 178 valence electrons. The number of piperidine rings is 1. The maximum absolute atomic E-state index is 11.1. The van der Waals surface area contributed by atoms with Crippen molar-refractivity contribution in [3.8, 4) is 11.4 Å². The molecule has 4 N–H and O–H groups in total. The van der Waals surface area contributed by atoms with Gasteiger partial charge in [0.15, 0.2) is 5.82 Å². The van der Waals surface area contributed by atoms with Gasteiger partial charge in [-0.3, -0.25) is 4.98 Å². The Labute approximate surface area is 207 Å². The van der Waals surface area contributed by atoms with Crippen LogP contribution < -0.4 is 10.6 Å². The van der Waals surface area contributed by atoms with Gasteiger partial charge in [0.2, 0.25) is 0 Å². The molecule has 1 aliphatic carbocycles. The van der Waals surface area contributed by atoms with Gasteiger partial charge in [-0.25, -0.2) is 15.0 Å². The lowest BCUT2D eigenvalue weighted by atomic mass is 9.90. The largest absolute Gasteiger partial charge is 0.387 e. The van der Waals surface area contributed by atoms with Crippen LogP contribution in [0.1, 0.15) is 18.9 Å². The molecule has 36 heavy (non-hydrogen) atoms. The summed E-state index contributed by atoms with van der Waals surface area (Å²) >= 11 is 0. The first-order chi connectivity index (χ1) is 17.6. The van der Waals surface area contributed by atoms with Crippen LogP contribution in [-0.4, -0.2) is 54.8 Å². The molecule has 5 heterocycles. The number of hydrogen-bond donors (Lipinski definition) is 4. The number of aromatic amines is 1. The van der Waals surface area contributed by atoms with E-state index in [9.17, 15) is 5.11 Å². The van der Waals surface area contributed by atoms with E-state index in [1.165, 1.54) is 0 Å². The molecular formula is C28H25N7O. The van der Waals surface area contributed by atoms with Crippen LogP contribution in [0.25, 0.3) is 49.8 Å². The Morgan fingerprint density at radius 1 is 1.08 bits per heavy atom. The van der Waals surface area contributed by atoms with E-state index in [-0.39, 0.29) is 6.04 Å². The Kier molecular flexibility index (Phi) is 4.67. The van der Waals surface area contributed by atoms with Crippen LogP contribution in [0.15, 0.2) is 67.2 Å². The highest BCUT2D eigenvalue weighted by Crippen LogP contribution is 2.37. The third-order valence-electron chi connectivity index (χ3n) is 7.27. The third-order valence-corrected chi connectivity index (χ3v) is 7.27. The minimum atomic E-state index is -0.917. The minimum Gasteiger partial charge on any atom is -0.387 e. The van der Waals surface area contributed by atoms with Crippen LogP contribution in [0, 0.1) is 0 Å². The Morgan fingerprint density at radius 3 is 2.81 bits per heavy atom. The molecule has 1 fully saturated rings. The minimum absolute atomic E-state index is 0.165. The lowest BCUT2D eigenvalue weighted by Gasteiger charge is -2.38. The first-order valence-corrected chi connectivity index (χ1v) is 12.2. The summed E-state index contributed by atoms with van der Waals surface area (Å²) in [5, 5.41) is 21.0. The molecule has 7 rings (SSSR count). The van der Waals surface area contributed by atoms with E-state index >= 15 is 0 Å². The molecule has 4 aromatic heterocycles. The Bertz CT molecular complexity index is 1720. The van der Waals surface area contributed by atoms with E-state index in [2.05, 4.69) is 43.8 Å². The quantitative estimate of drug-likeness (QED) is 0.308. The molecule has 8 nitrogen and oxygen atoms in total. The highest BCUT2D eigenvalue weighted by Gasteiger charge is 2.35. The van der Waals surface area contributed by atoms with Gasteiger partial charge in [0.1, 0.15) is 11.5 Å². The van der Waals surface area contributed by atoms with Gasteiger partial charge in [-0.15, -0.1) is 0 Å². The fourth-order valence-electron chi connectivity index (χ4n) is 5.27. The number of pyridine rings is 2. The van der Waals surface area contributed by atoms with Gasteiger partial charge in [-0.1, -0.05) is 36.4 Å². The number of anilines is 1. The van der Waals surface area contributed by atoms with Crippen molar-refractivity contribution in [3.05, 3.63) is 72.7 Å². The number of aromatic nitrogens is 5. The Hall–Kier alpha value is -4.14. The molecular weight excluding hydrogens is 450 g/mol. The maximum atomic E-state index is 11.1. The Morgan fingerprint density at radius 2 is 1.97 bits per heavy atom. The molecule has 5 aromatic rings. The molecule has 0 amide bonds. The number of nitrogens with zero attached hydrogens (tertiary/aromatic N) is 4. The van der Waals surface area contributed by atoms with E-state index in [4.69, 9.17) is 9.97 Å². The highest BCUT2D eigenvalue weighted by molar-refractivity contribution is 6.12. The van der Waals surface area contributed by atoms with Gasteiger partial charge in [0, 0.05) is 46.4 Å². The zero-order chi connectivity index (χ0) is 24.3. The van der Waals surface area contributed by atoms with Crippen molar-refractivity contribution in [1.82, 2.24) is 30.2 Å². The summed E-state index contributed by atoms with van der Waals surface area (Å²) < 4.78 is 0. The summed E-state index contributed by atoms with van der Waals surface area (Å²) in [4.78, 5) is 22.6. The first-order valence-electron chi connectivity index (χ1n) is 12.2. The summed E-state index contributed by atoms with van der Waals surface area (Å²) in [5.41, 5.74) is 4.61. The van der Waals surface area contributed by atoms with Crippen LogP contribution in [0.4, 0.5) is 5.82 Å². The lowest BCUT2D eigenvalue weighted by molar-refractivity contribution is 0.0229. The van der Waals surface area contributed by atoms with Crippen LogP contribution in [-0.2, 0) is 0 Å². The number of allylic oxidation sites excluding steroid dienone is 4. The van der Waals surface area contributed by atoms with Gasteiger partial charge in [-0.05, 0) is 37.6 Å². The molecule has 8 heteroatoms. The molecule has 0 radical (unpaired) electrons. The number of rotatable bonds is 4. The zero-order valence-electron chi connectivity index (χ0n) is 19.8. The standard InChI is InChI=1S/C28H25N7O/c1-28(36)15-29-11-10-22(28)34-27-24-19(16-5-4-6-16)13-30-14-21(24)33-25(35-27)18-9-12-31-26-23(18)17-7-2-3-8-20(17)32-26/h2-9,12-14,22,29,36H,10-11,15H2,1H3,(H,31,32)(H,33,34,35)/t22-,28-/m1/s1. The number of aliphatic hydroxyl groups is 1. The van der Waals surface area contributed by atoms with E-state index in [1.54, 1.807) is 12.4 Å². The number of hydrogen-bond acceptors (Lipinski definition) is 7. The molecule has 1 saturated heterocycles. The summed E-state index contributed by atoms with van der Waals surface area (Å²) in [6, 6.07) is 9.96. The fourth-order valence-corrected chi connectivity index (χ4v) is 5.27. The number of para-hydroxylation sites is 1. The number of benzene rings is 1. The zero-order valence-corrected chi connectivity index (χ0v) is 19.8. The number of β-amino-alcohol motifs (C(OH)–C–C–N with tert-alkyl or cyclic N) is 1. The van der Waals surface area contributed by atoms with Crippen LogP contribution >= 0.6 is 0 Å². The van der Waals surface area contributed by atoms with E-state index in [0.29, 0.717) is 18.2 Å². The lowest BCUT2D eigenvalue weighted by Crippen LogP contribution is -2.56. The SMILES string of the molecule is C[C@@]1(O)CNCC[C@H]1Nc1nc(-c2ccnc3[nH]c4ccccc4c23)nc2cncc(C3=CC=C3)c12. The molecule has 0 bridgehead atoms. The third kappa shape index (κ3) is 3.30. The summed E-state index contributed by atoms with van der Waals surface area (Å²) in [6.45, 7) is 3.20. The van der Waals surface area contributed by atoms with Gasteiger partial charge in [-0.2, -0.15) is 0 Å². The van der Waals surface area contributed by atoms with Crippen LogP contribution in [0.2, 0.25) is 0 Å². The molecule has 0 spiro atoms. The maximum Gasteiger partial charge on any atom is 0.163 e. The number of nitrogens with one attached hydrogen (secondary N) is 3. The highest BCUT2D eigenvalue weighted by atomic mass is 16.3. The first kappa shape index (κ1) is 21.2. The van der Waals surface area contributed by atoms with E-state index in [0.717, 1.165) is 62.5 Å². The van der Waals surface area contributed by atoms with Crippen molar-refractivity contribution in [1.29, 1.82) is 0 Å². The van der Waals surface area contributed by atoms with Crippen molar-refractivity contribution in [2.75, 3.05) is 18.4 Å². The smallest absolute Gasteiger partial charge is 0.163 e. The van der Waals surface area contributed by atoms with E-state index < -0.39 is 5.60 Å². The predicted octanol–water partition coefficient (Wildman–Crippen LogP) is 4.20. The van der Waals surface area contributed by atoms with Gasteiger partial charge in [0.05, 0.1) is 28.7 Å². The number of H-pyrrole nitrogens is 1.